The number of carbonyl (C=O) groups is 4. The lowest BCUT2D eigenvalue weighted by Crippen LogP contribution is -2.55. The van der Waals surface area contributed by atoms with Gasteiger partial charge in [-0.05, 0) is 62.7 Å². The Morgan fingerprint density at radius 1 is 1.00 bits per heavy atom. The van der Waals surface area contributed by atoms with Gasteiger partial charge < -0.3 is 35.1 Å². The van der Waals surface area contributed by atoms with Gasteiger partial charge in [-0.25, -0.2) is 15.0 Å². The van der Waals surface area contributed by atoms with Crippen LogP contribution in [-0.2, 0) is 20.7 Å². The number of aromatic hydroxyl groups is 1. The highest BCUT2D eigenvalue weighted by atomic mass is 35.5. The molecule has 0 bridgehead atoms. The van der Waals surface area contributed by atoms with Crippen molar-refractivity contribution >= 4 is 41.7 Å². The molecule has 0 aliphatic rings. The van der Waals surface area contributed by atoms with Gasteiger partial charge in [0.05, 0.1) is 23.4 Å². The number of phenols is 1. The molecule has 2 atom stereocenters. The van der Waals surface area contributed by atoms with Gasteiger partial charge in [0.1, 0.15) is 35.0 Å². The third-order valence-corrected chi connectivity index (χ3v) is 5.99. The van der Waals surface area contributed by atoms with E-state index in [1.165, 1.54) is 36.5 Å². The maximum atomic E-state index is 13.1. The maximum absolute atomic E-state index is 13.1. The minimum atomic E-state index is -1.41. The lowest BCUT2D eigenvalue weighted by molar-refractivity contribution is -0.130. The minimum Gasteiger partial charge on any atom is -0.508 e. The average Bonchev–Trinajstić information content (AvgIpc) is 3.40. The summed E-state index contributed by atoms with van der Waals surface area (Å²) in [4.78, 5) is 49.2. The number of benzene rings is 2. The first-order chi connectivity index (χ1) is 20.3. The van der Waals surface area contributed by atoms with Crippen molar-refractivity contribution in [3.8, 4) is 17.1 Å². The lowest BCUT2D eigenvalue weighted by atomic mass is 10.0. The Hall–Kier alpha value is -4.88. The predicted molar refractivity (Wildman–Crippen MR) is 156 cm³/mol. The summed E-state index contributed by atoms with van der Waals surface area (Å²) in [5.74, 6) is -2.11. The zero-order chi connectivity index (χ0) is 31.7. The Bertz CT molecular complexity index is 1500. The number of nitrogens with zero attached hydrogens (tertiary/aromatic N) is 1. The van der Waals surface area contributed by atoms with Crippen LogP contribution in [0.5, 0.6) is 5.75 Å². The highest BCUT2D eigenvalue weighted by molar-refractivity contribution is 6.33. The number of amides is 3. The van der Waals surface area contributed by atoms with Crippen LogP contribution in [-0.4, -0.2) is 69.7 Å². The molecule has 6 N–H and O–H groups in total. The highest BCUT2D eigenvalue weighted by Crippen LogP contribution is 2.27. The van der Waals surface area contributed by atoms with E-state index >= 15 is 0 Å². The van der Waals surface area contributed by atoms with Gasteiger partial charge in [-0.15, -0.1) is 0 Å². The summed E-state index contributed by atoms with van der Waals surface area (Å²) in [6, 6.07) is 10.8. The first kappa shape index (κ1) is 32.6. The quantitative estimate of drug-likeness (QED) is 0.139. The molecule has 3 aromatic rings. The molecule has 0 aliphatic heterocycles. The number of carboxylic acid groups (broad SMARTS) is 1. The minimum absolute atomic E-state index is 0.0122. The van der Waals surface area contributed by atoms with Crippen molar-refractivity contribution in [2.45, 2.75) is 44.9 Å². The number of ether oxygens (including phenoxy) is 1. The van der Waals surface area contributed by atoms with Gasteiger partial charge in [0.15, 0.2) is 0 Å². The summed E-state index contributed by atoms with van der Waals surface area (Å²) in [6.07, 6.45) is 0.272. The molecule has 0 fully saturated rings. The number of hydrogen-bond donors (Lipinski definition) is 6. The van der Waals surface area contributed by atoms with Crippen LogP contribution in [0.4, 0.5) is 4.79 Å². The van der Waals surface area contributed by atoms with Gasteiger partial charge >= 0.3 is 12.1 Å². The van der Waals surface area contributed by atoms with E-state index in [0.717, 1.165) is 0 Å². The second-order valence-electron chi connectivity index (χ2n) is 10.2. The molecule has 0 saturated carbocycles. The Balaban J connectivity index is 1.71. The van der Waals surface area contributed by atoms with Crippen LogP contribution >= 0.6 is 11.6 Å². The molecule has 0 unspecified atom stereocenters. The fourth-order valence-corrected chi connectivity index (χ4v) is 3.91. The Labute approximate surface area is 251 Å². The number of aromatic carboxylic acids is 1. The normalized spacial score (nSPS) is 12.8. The molecule has 14 heteroatoms. The van der Waals surface area contributed by atoms with E-state index in [0.29, 0.717) is 16.9 Å². The van der Waals surface area contributed by atoms with Crippen molar-refractivity contribution in [3.63, 3.8) is 0 Å². The molecule has 0 aliphatic carbocycles. The molecule has 1 heterocycles. The molecule has 2 aromatic carbocycles. The number of carboxylic acids is 1. The summed E-state index contributed by atoms with van der Waals surface area (Å²) < 4.78 is 10.8. The van der Waals surface area contributed by atoms with Crippen LogP contribution in [0.15, 0.2) is 64.1 Å². The highest BCUT2D eigenvalue weighted by Gasteiger charge is 2.28. The Kier molecular flexibility index (Phi) is 10.9. The van der Waals surface area contributed by atoms with Crippen molar-refractivity contribution in [3.05, 3.63) is 76.5 Å². The molecule has 3 rings (SSSR count). The van der Waals surface area contributed by atoms with Crippen molar-refractivity contribution in [1.29, 1.82) is 0 Å². The van der Waals surface area contributed by atoms with Gasteiger partial charge in [-0.1, -0.05) is 29.8 Å². The summed E-state index contributed by atoms with van der Waals surface area (Å²) in [7, 11) is 0. The van der Waals surface area contributed by atoms with Gasteiger partial charge in [-0.2, -0.15) is 5.10 Å². The van der Waals surface area contributed by atoms with Gasteiger partial charge in [0.2, 0.25) is 5.91 Å². The van der Waals surface area contributed by atoms with E-state index in [1.54, 1.807) is 45.0 Å². The van der Waals surface area contributed by atoms with Crippen LogP contribution in [0.2, 0.25) is 5.02 Å². The van der Waals surface area contributed by atoms with Gasteiger partial charge in [-0.3, -0.25) is 9.59 Å². The first-order valence-electron chi connectivity index (χ1n) is 12.9. The number of carbonyl (C=O) groups excluding carboxylic acids is 3. The maximum Gasteiger partial charge on any atom is 0.408 e. The smallest absolute Gasteiger partial charge is 0.408 e. The number of hydrazone groups is 1. The molecule has 228 valence electrons. The average molecular weight is 615 g/mol. The summed E-state index contributed by atoms with van der Waals surface area (Å²) in [5, 5.41) is 37.1. The standard InChI is InChI=1S/C29H31ClN4O9/c1-29(2,3)43-28(41)33-23(15-35)25(37)32-22(12-16-4-7-18(36)8-5-16)26(38)34-31-14-19-9-11-24(42-19)17-6-10-20(27(39)40)21(30)13-17/h4-11,13-14,22-23,35-36H,12,15H2,1-3H3,(H,32,37)(H,33,41)(H,34,38)(H,39,40)/b31-14-/t22-,23-/m0/s1. The van der Waals surface area contributed by atoms with Crippen LogP contribution < -0.4 is 16.1 Å². The number of alkyl carbamates (subject to hydrolysis) is 1. The Morgan fingerprint density at radius 3 is 2.30 bits per heavy atom. The van der Waals surface area contributed by atoms with E-state index in [2.05, 4.69) is 21.2 Å². The largest absolute Gasteiger partial charge is 0.508 e. The lowest BCUT2D eigenvalue weighted by Gasteiger charge is -2.24. The summed E-state index contributed by atoms with van der Waals surface area (Å²) >= 11 is 6.03. The molecule has 0 radical (unpaired) electrons. The number of aliphatic hydroxyl groups is 1. The van der Waals surface area contributed by atoms with Crippen LogP contribution in [0, 0.1) is 0 Å². The van der Waals surface area contributed by atoms with Gasteiger partial charge in [0.25, 0.3) is 5.91 Å². The molecular formula is C29H31ClN4O9. The molecule has 13 nitrogen and oxygen atoms in total. The van der Waals surface area contributed by atoms with Crippen LogP contribution in [0.3, 0.4) is 0 Å². The number of aliphatic hydroxyl groups excluding tert-OH is 1. The molecule has 43 heavy (non-hydrogen) atoms. The number of furan rings is 1. The van der Waals surface area contributed by atoms with Crippen LogP contribution in [0.25, 0.3) is 11.3 Å². The number of hydrogen-bond acceptors (Lipinski definition) is 9. The van der Waals surface area contributed by atoms with E-state index < -0.39 is 48.2 Å². The third kappa shape index (κ3) is 9.87. The topological polar surface area (TPSA) is 200 Å². The van der Waals surface area contributed by atoms with E-state index in [9.17, 15) is 29.4 Å². The predicted octanol–water partition coefficient (Wildman–Crippen LogP) is 3.07. The van der Waals surface area contributed by atoms with Gasteiger partial charge in [0, 0.05) is 12.0 Å². The monoisotopic (exact) mass is 614 g/mol. The number of nitrogens with one attached hydrogen (secondary N) is 3. The molecule has 3 amide bonds. The first-order valence-corrected chi connectivity index (χ1v) is 13.3. The zero-order valence-corrected chi connectivity index (χ0v) is 24.2. The number of rotatable bonds is 11. The molecule has 0 saturated heterocycles. The van der Waals surface area contributed by atoms with E-state index in [1.807, 2.05) is 0 Å². The molecular weight excluding hydrogens is 584 g/mol. The summed E-state index contributed by atoms with van der Waals surface area (Å²) in [5.41, 5.74) is 2.54. The second-order valence-corrected chi connectivity index (χ2v) is 10.7. The fraction of sp³-hybridized carbons (Fsp3) is 0.276. The van der Waals surface area contributed by atoms with Crippen molar-refractivity contribution in [2.75, 3.05) is 6.61 Å². The summed E-state index contributed by atoms with van der Waals surface area (Å²) in [6.45, 7) is 4.15. The number of phenolic OH excluding ortho intramolecular Hbond substituents is 1. The van der Waals surface area contributed by atoms with E-state index in [4.69, 9.17) is 25.9 Å². The fourth-order valence-electron chi connectivity index (χ4n) is 3.65. The SMILES string of the molecule is CC(C)(C)OC(=O)N[C@@H](CO)C(=O)N[C@@H](Cc1ccc(O)cc1)C(=O)N/N=C\c1ccc(-c2ccc(C(=O)O)c(Cl)c2)o1. The van der Waals surface area contributed by atoms with Crippen molar-refractivity contribution in [2.24, 2.45) is 5.10 Å². The third-order valence-electron chi connectivity index (χ3n) is 5.68. The van der Waals surface area contributed by atoms with Crippen molar-refractivity contribution < 1.29 is 43.7 Å². The molecule has 0 spiro atoms. The van der Waals surface area contributed by atoms with Crippen LogP contribution in [0.1, 0.15) is 42.5 Å². The number of halogens is 1. The zero-order valence-electron chi connectivity index (χ0n) is 23.5. The molecule has 1 aromatic heterocycles. The van der Waals surface area contributed by atoms with Crippen molar-refractivity contribution in [1.82, 2.24) is 16.1 Å². The van der Waals surface area contributed by atoms with E-state index in [-0.39, 0.29) is 28.5 Å². The Morgan fingerprint density at radius 2 is 1.70 bits per heavy atom. The second kappa shape index (κ2) is 14.3.